The Hall–Kier alpha value is -2.42. The van der Waals surface area contributed by atoms with E-state index in [1.165, 1.54) is 18.2 Å². The van der Waals surface area contributed by atoms with Crippen LogP contribution in [0, 0.1) is 5.82 Å². The third-order valence-corrected chi connectivity index (χ3v) is 5.51. The van der Waals surface area contributed by atoms with E-state index in [0.717, 1.165) is 11.0 Å². The molecule has 2 amide bonds. The minimum Gasteiger partial charge on any atom is -0.434 e. The van der Waals surface area contributed by atoms with Gasteiger partial charge in [0.2, 0.25) is 0 Å². The van der Waals surface area contributed by atoms with Gasteiger partial charge < -0.3 is 10.5 Å². The molecule has 3 rings (SSSR count). The first-order valence-electron chi connectivity index (χ1n) is 7.24. The minimum absolute atomic E-state index is 0.0151. The Morgan fingerprint density at radius 2 is 2.12 bits per heavy atom. The molecule has 1 aromatic rings. The fourth-order valence-corrected chi connectivity index (χ4v) is 3.83. The molecule has 2 aliphatic rings. The van der Waals surface area contributed by atoms with Crippen LogP contribution < -0.4 is 10.6 Å². The Kier molecular flexibility index (Phi) is 4.04. The van der Waals surface area contributed by atoms with Crippen LogP contribution in [-0.4, -0.2) is 44.6 Å². The zero-order chi connectivity index (χ0) is 17.5. The van der Waals surface area contributed by atoms with Gasteiger partial charge in [-0.15, -0.1) is 0 Å². The number of ether oxygens (including phenoxy) is 1. The number of sulfone groups is 1. The van der Waals surface area contributed by atoms with E-state index in [0.29, 0.717) is 11.1 Å². The number of primary amides is 1. The molecule has 2 N–H and O–H groups in total. The summed E-state index contributed by atoms with van der Waals surface area (Å²) in [5.74, 6) is -1.47. The van der Waals surface area contributed by atoms with Crippen LogP contribution in [0.15, 0.2) is 24.3 Å². The maximum absolute atomic E-state index is 14.4. The Bertz CT molecular complexity index is 849. The number of hydrogen-bond acceptors (Lipinski definition) is 5. The molecular weight excluding hydrogens is 339 g/mol. The number of rotatable bonds is 3. The summed E-state index contributed by atoms with van der Waals surface area (Å²) in [4.78, 5) is 24.0. The molecule has 0 radical (unpaired) electrons. The third-order valence-electron chi connectivity index (χ3n) is 4.01. The van der Waals surface area contributed by atoms with Crippen LogP contribution in [0.5, 0.6) is 0 Å². The molecule has 128 valence electrons. The van der Waals surface area contributed by atoms with E-state index in [9.17, 15) is 22.4 Å². The quantitative estimate of drug-likeness (QED) is 0.865. The number of nitrogens with two attached hydrogens (primary N) is 1. The first-order valence-corrected chi connectivity index (χ1v) is 9.06. The maximum Gasteiger partial charge on any atom is 0.415 e. The number of benzene rings is 1. The van der Waals surface area contributed by atoms with Gasteiger partial charge in [0.15, 0.2) is 15.9 Å². The van der Waals surface area contributed by atoms with Gasteiger partial charge >= 0.3 is 6.09 Å². The second-order valence-corrected chi connectivity index (χ2v) is 7.87. The average molecular weight is 354 g/mol. The summed E-state index contributed by atoms with van der Waals surface area (Å²) in [6.45, 7) is -0.0755. The lowest BCUT2D eigenvalue weighted by atomic mass is 10.0. The zero-order valence-corrected chi connectivity index (χ0v) is 13.4. The van der Waals surface area contributed by atoms with Gasteiger partial charge in [0.1, 0.15) is 5.82 Å². The third kappa shape index (κ3) is 3.12. The van der Waals surface area contributed by atoms with E-state index in [-0.39, 0.29) is 30.2 Å². The number of halogens is 1. The Morgan fingerprint density at radius 1 is 1.38 bits per heavy atom. The fraction of sp³-hybridized carbons (Fsp3) is 0.333. The van der Waals surface area contributed by atoms with E-state index >= 15 is 0 Å². The van der Waals surface area contributed by atoms with Crippen LogP contribution in [0.4, 0.5) is 14.9 Å². The smallest absolute Gasteiger partial charge is 0.415 e. The van der Waals surface area contributed by atoms with E-state index in [4.69, 9.17) is 10.5 Å². The summed E-state index contributed by atoms with van der Waals surface area (Å²) < 4.78 is 42.1. The highest BCUT2D eigenvalue weighted by Gasteiger charge is 2.36. The number of amides is 2. The Morgan fingerprint density at radius 3 is 2.67 bits per heavy atom. The lowest BCUT2D eigenvalue weighted by molar-refractivity contribution is -0.124. The van der Waals surface area contributed by atoms with E-state index in [1.54, 1.807) is 0 Å². The van der Waals surface area contributed by atoms with Crippen molar-refractivity contribution in [3.8, 4) is 0 Å². The highest BCUT2D eigenvalue weighted by atomic mass is 32.2. The Labute approximate surface area is 137 Å². The molecule has 2 heterocycles. The molecule has 1 unspecified atom stereocenters. The van der Waals surface area contributed by atoms with Gasteiger partial charge in [0, 0.05) is 5.56 Å². The van der Waals surface area contributed by atoms with Gasteiger partial charge in [0.05, 0.1) is 23.7 Å². The first kappa shape index (κ1) is 16.4. The van der Waals surface area contributed by atoms with Crippen molar-refractivity contribution in [1.82, 2.24) is 0 Å². The SMILES string of the molecule is NC(=O)C1CN(c2ccc(C3=CCS(=O)(=O)CC3)c(F)c2)C(=O)O1. The number of carbonyl (C=O) groups is 2. The number of nitrogens with zero attached hydrogens (tertiary/aromatic N) is 1. The molecule has 2 aliphatic heterocycles. The summed E-state index contributed by atoms with van der Waals surface area (Å²) >= 11 is 0. The van der Waals surface area contributed by atoms with Gasteiger partial charge in [-0.2, -0.15) is 0 Å². The summed E-state index contributed by atoms with van der Waals surface area (Å²) in [6.07, 6.45) is -0.0847. The molecule has 1 aromatic carbocycles. The van der Waals surface area contributed by atoms with Crippen molar-refractivity contribution in [2.45, 2.75) is 12.5 Å². The van der Waals surface area contributed by atoms with E-state index in [1.807, 2.05) is 0 Å². The zero-order valence-electron chi connectivity index (χ0n) is 12.6. The summed E-state index contributed by atoms with van der Waals surface area (Å²) in [6, 6.07) is 4.16. The van der Waals surface area contributed by atoms with Crippen LogP contribution >= 0.6 is 0 Å². The van der Waals surface area contributed by atoms with Crippen LogP contribution in [0.3, 0.4) is 0 Å². The molecule has 7 nitrogen and oxygen atoms in total. The van der Waals surface area contributed by atoms with Crippen LogP contribution in [-0.2, 0) is 19.4 Å². The molecule has 1 saturated heterocycles. The van der Waals surface area contributed by atoms with Gasteiger partial charge in [-0.1, -0.05) is 6.08 Å². The van der Waals surface area contributed by atoms with Gasteiger partial charge in [0.25, 0.3) is 5.91 Å². The van der Waals surface area contributed by atoms with Crippen molar-refractivity contribution >= 4 is 33.1 Å². The number of allylic oxidation sites excluding steroid dienone is 1. The fourth-order valence-electron chi connectivity index (χ4n) is 2.68. The van der Waals surface area contributed by atoms with E-state index in [2.05, 4.69) is 0 Å². The lowest BCUT2D eigenvalue weighted by Gasteiger charge is -2.17. The largest absolute Gasteiger partial charge is 0.434 e. The molecule has 0 aromatic heterocycles. The monoisotopic (exact) mass is 354 g/mol. The average Bonchev–Trinajstić information content (AvgIpc) is 2.90. The highest BCUT2D eigenvalue weighted by Crippen LogP contribution is 2.30. The predicted octanol–water partition coefficient (Wildman–Crippen LogP) is 0.838. The van der Waals surface area contributed by atoms with Crippen molar-refractivity contribution in [3.63, 3.8) is 0 Å². The first-order chi connectivity index (χ1) is 11.3. The molecular formula is C15H15FN2O5S. The molecule has 9 heteroatoms. The molecule has 0 aliphatic carbocycles. The van der Waals surface area contributed by atoms with Crippen LogP contribution in [0.25, 0.3) is 5.57 Å². The standard InChI is InChI=1S/C15H15FN2O5S/c16-12-7-10(18-8-13(14(17)19)23-15(18)20)1-2-11(12)9-3-5-24(21,22)6-4-9/h1-3,7,13H,4-6,8H2,(H2,17,19). The van der Waals surface area contributed by atoms with Gasteiger partial charge in [-0.25, -0.2) is 17.6 Å². The summed E-state index contributed by atoms with van der Waals surface area (Å²) in [5, 5.41) is 0. The molecule has 0 spiro atoms. The highest BCUT2D eigenvalue weighted by molar-refractivity contribution is 7.91. The second-order valence-electron chi connectivity index (χ2n) is 5.64. The van der Waals surface area contributed by atoms with Crippen LogP contribution in [0.1, 0.15) is 12.0 Å². The lowest BCUT2D eigenvalue weighted by Crippen LogP contribution is -2.32. The van der Waals surface area contributed by atoms with Crippen molar-refractivity contribution in [3.05, 3.63) is 35.7 Å². The van der Waals surface area contributed by atoms with Gasteiger partial charge in [-0.3, -0.25) is 9.69 Å². The molecule has 0 saturated carbocycles. The number of anilines is 1. The van der Waals surface area contributed by atoms with Crippen LogP contribution in [0.2, 0.25) is 0 Å². The molecule has 24 heavy (non-hydrogen) atoms. The minimum atomic E-state index is -3.09. The molecule has 0 bridgehead atoms. The summed E-state index contributed by atoms with van der Waals surface area (Å²) in [7, 11) is -3.09. The van der Waals surface area contributed by atoms with Crippen molar-refractivity contribution in [2.24, 2.45) is 5.73 Å². The topological polar surface area (TPSA) is 107 Å². The van der Waals surface area contributed by atoms with Crippen molar-refractivity contribution < 1.29 is 27.1 Å². The molecule has 1 atom stereocenters. The maximum atomic E-state index is 14.4. The van der Waals surface area contributed by atoms with E-state index < -0.39 is 33.8 Å². The summed E-state index contributed by atoms with van der Waals surface area (Å²) in [5.41, 5.74) is 6.26. The predicted molar refractivity (Wildman–Crippen MR) is 84.5 cm³/mol. The molecule has 1 fully saturated rings. The number of cyclic esters (lactones) is 1. The second kappa shape index (κ2) is 5.90. The number of hydrogen-bond donors (Lipinski definition) is 1. The van der Waals surface area contributed by atoms with Crippen molar-refractivity contribution in [1.29, 1.82) is 0 Å². The van der Waals surface area contributed by atoms with Crippen molar-refractivity contribution in [2.75, 3.05) is 23.0 Å². The van der Waals surface area contributed by atoms with Gasteiger partial charge in [-0.05, 0) is 30.2 Å². The normalized spacial score (nSPS) is 22.9. The Balaban J connectivity index is 1.85. The number of carbonyl (C=O) groups excluding carboxylic acids is 2.